The van der Waals surface area contributed by atoms with Crippen LogP contribution in [0.2, 0.25) is 5.02 Å². The van der Waals surface area contributed by atoms with Crippen LogP contribution >= 0.6 is 11.6 Å². The highest BCUT2D eigenvalue weighted by molar-refractivity contribution is 6.32. The van der Waals surface area contributed by atoms with Crippen molar-refractivity contribution in [2.45, 2.75) is 6.17 Å². The molecule has 2 aromatic rings. The quantitative estimate of drug-likeness (QED) is 0.893. The topological polar surface area (TPSA) is 61.8 Å². The molecule has 3 rings (SSSR count). The summed E-state index contributed by atoms with van der Waals surface area (Å²) in [5.74, 6) is 0.00368. The van der Waals surface area contributed by atoms with Crippen LogP contribution in [0.1, 0.15) is 22.1 Å². The minimum Gasteiger partial charge on any atom is -0.503 e. The normalized spacial score (nSPS) is 17.0. The van der Waals surface area contributed by atoms with Gasteiger partial charge in [-0.3, -0.25) is 4.79 Å². The number of phenolic OH excluding ortho intramolecular Hbond substituents is 1. The van der Waals surface area contributed by atoms with E-state index in [9.17, 15) is 9.90 Å². The SMILES string of the molecule is COc1cc(C2NC(=O)c3ccccc3N2C)cc(Cl)c1O. The van der Waals surface area contributed by atoms with Crippen LogP contribution in [-0.2, 0) is 0 Å². The van der Waals surface area contributed by atoms with Crippen molar-refractivity contribution in [2.24, 2.45) is 0 Å². The molecule has 1 unspecified atom stereocenters. The second-order valence-electron chi connectivity index (χ2n) is 5.06. The molecule has 0 radical (unpaired) electrons. The molecule has 0 aliphatic carbocycles. The predicted molar refractivity (Wildman–Crippen MR) is 84.7 cm³/mol. The molecule has 1 aliphatic rings. The summed E-state index contributed by atoms with van der Waals surface area (Å²) in [5, 5.41) is 12.9. The first-order valence-electron chi connectivity index (χ1n) is 6.72. The fraction of sp³-hybridized carbons (Fsp3) is 0.188. The monoisotopic (exact) mass is 318 g/mol. The first kappa shape index (κ1) is 14.5. The number of benzene rings is 2. The van der Waals surface area contributed by atoms with Gasteiger partial charge >= 0.3 is 0 Å². The number of halogens is 1. The zero-order valence-electron chi connectivity index (χ0n) is 12.1. The number of nitrogens with zero attached hydrogens (tertiary/aromatic N) is 1. The number of carbonyl (C=O) groups excluding carboxylic acids is 1. The number of phenols is 1. The van der Waals surface area contributed by atoms with Crippen molar-refractivity contribution in [3.63, 3.8) is 0 Å². The van der Waals surface area contributed by atoms with E-state index < -0.39 is 6.17 Å². The van der Waals surface area contributed by atoms with Gasteiger partial charge in [0.15, 0.2) is 11.5 Å². The van der Waals surface area contributed by atoms with E-state index in [0.717, 1.165) is 11.3 Å². The zero-order chi connectivity index (χ0) is 15.9. The Balaban J connectivity index is 2.07. The molecule has 0 aromatic heterocycles. The van der Waals surface area contributed by atoms with Gasteiger partial charge in [0.1, 0.15) is 6.17 Å². The molecule has 2 aromatic carbocycles. The Bertz CT molecular complexity index is 748. The van der Waals surface area contributed by atoms with Crippen LogP contribution in [0.3, 0.4) is 0 Å². The van der Waals surface area contributed by atoms with E-state index >= 15 is 0 Å². The van der Waals surface area contributed by atoms with Crippen LogP contribution in [-0.4, -0.2) is 25.2 Å². The summed E-state index contributed by atoms with van der Waals surface area (Å²) < 4.78 is 5.12. The summed E-state index contributed by atoms with van der Waals surface area (Å²) in [6.45, 7) is 0. The van der Waals surface area contributed by atoms with Gasteiger partial charge in [-0.15, -0.1) is 0 Å². The number of hydrogen-bond donors (Lipinski definition) is 2. The van der Waals surface area contributed by atoms with E-state index in [1.54, 1.807) is 18.2 Å². The van der Waals surface area contributed by atoms with Crippen LogP contribution in [0.4, 0.5) is 5.69 Å². The van der Waals surface area contributed by atoms with Gasteiger partial charge in [-0.05, 0) is 24.3 Å². The minimum absolute atomic E-state index is 0.113. The second kappa shape index (κ2) is 5.42. The van der Waals surface area contributed by atoms with E-state index in [1.165, 1.54) is 7.11 Å². The Hall–Kier alpha value is -2.40. The molecular formula is C16H15ClN2O3. The number of methoxy groups -OCH3 is 1. The molecule has 114 valence electrons. The van der Waals surface area contributed by atoms with Crippen LogP contribution in [0.15, 0.2) is 36.4 Å². The van der Waals surface area contributed by atoms with Crippen molar-refractivity contribution >= 4 is 23.2 Å². The summed E-state index contributed by atoms with van der Waals surface area (Å²) in [6.07, 6.45) is -0.394. The minimum atomic E-state index is -0.394. The molecule has 6 heteroatoms. The lowest BCUT2D eigenvalue weighted by molar-refractivity contribution is 0.0928. The molecular weight excluding hydrogens is 304 g/mol. The van der Waals surface area contributed by atoms with E-state index in [1.807, 2.05) is 30.1 Å². The number of carbonyl (C=O) groups is 1. The molecule has 0 fully saturated rings. The molecule has 1 heterocycles. The maximum Gasteiger partial charge on any atom is 0.255 e. The molecule has 0 saturated heterocycles. The maximum atomic E-state index is 12.3. The molecule has 1 amide bonds. The first-order chi connectivity index (χ1) is 10.5. The average Bonchev–Trinajstić information content (AvgIpc) is 2.53. The van der Waals surface area contributed by atoms with Gasteiger partial charge in [0, 0.05) is 12.6 Å². The Kier molecular flexibility index (Phi) is 3.58. The van der Waals surface area contributed by atoms with E-state index in [2.05, 4.69) is 5.32 Å². The van der Waals surface area contributed by atoms with Gasteiger partial charge in [-0.1, -0.05) is 23.7 Å². The third kappa shape index (κ3) is 2.23. The van der Waals surface area contributed by atoms with Gasteiger partial charge in [-0.2, -0.15) is 0 Å². The molecule has 0 saturated carbocycles. The van der Waals surface area contributed by atoms with Crippen molar-refractivity contribution in [3.05, 3.63) is 52.5 Å². The Labute approximate surface area is 133 Å². The van der Waals surface area contributed by atoms with Crippen LogP contribution in [0, 0.1) is 0 Å². The lowest BCUT2D eigenvalue weighted by atomic mass is 10.0. The van der Waals surface area contributed by atoms with Crippen molar-refractivity contribution in [1.82, 2.24) is 5.32 Å². The highest BCUT2D eigenvalue weighted by Crippen LogP contribution is 2.39. The summed E-state index contributed by atoms with van der Waals surface area (Å²) >= 11 is 6.04. The zero-order valence-corrected chi connectivity index (χ0v) is 12.9. The number of rotatable bonds is 2. The van der Waals surface area contributed by atoms with Crippen LogP contribution < -0.4 is 15.0 Å². The standard InChI is InChI=1S/C16H15ClN2O3/c1-19-12-6-4-3-5-10(12)16(21)18-15(19)9-7-11(17)14(20)13(8-9)22-2/h3-8,15,20H,1-2H3,(H,18,21). The van der Waals surface area contributed by atoms with Gasteiger partial charge in [0.2, 0.25) is 0 Å². The molecule has 1 aliphatic heterocycles. The largest absolute Gasteiger partial charge is 0.503 e. The maximum absolute atomic E-state index is 12.3. The highest BCUT2D eigenvalue weighted by atomic mass is 35.5. The fourth-order valence-electron chi connectivity index (χ4n) is 2.63. The van der Waals surface area contributed by atoms with Crippen molar-refractivity contribution in [1.29, 1.82) is 0 Å². The number of para-hydroxylation sites is 1. The van der Waals surface area contributed by atoms with E-state index in [0.29, 0.717) is 5.56 Å². The summed E-state index contributed by atoms with van der Waals surface area (Å²) in [6, 6.07) is 10.7. The number of ether oxygens (including phenoxy) is 1. The first-order valence-corrected chi connectivity index (χ1v) is 7.10. The van der Waals surface area contributed by atoms with Crippen molar-refractivity contribution in [2.75, 3.05) is 19.1 Å². The Morgan fingerprint density at radius 2 is 2.05 bits per heavy atom. The van der Waals surface area contributed by atoms with Crippen LogP contribution in [0.5, 0.6) is 11.5 Å². The van der Waals surface area contributed by atoms with E-state index in [4.69, 9.17) is 16.3 Å². The molecule has 22 heavy (non-hydrogen) atoms. The van der Waals surface area contributed by atoms with E-state index in [-0.39, 0.29) is 22.4 Å². The summed E-state index contributed by atoms with van der Waals surface area (Å²) in [5.41, 5.74) is 2.18. The lowest BCUT2D eigenvalue weighted by Gasteiger charge is -2.36. The van der Waals surface area contributed by atoms with Crippen molar-refractivity contribution < 1.29 is 14.6 Å². The predicted octanol–water partition coefficient (Wildman–Crippen LogP) is 2.93. The molecule has 0 spiro atoms. The third-order valence-corrected chi connectivity index (χ3v) is 4.06. The fourth-order valence-corrected chi connectivity index (χ4v) is 2.84. The Morgan fingerprint density at radius 1 is 1.32 bits per heavy atom. The smallest absolute Gasteiger partial charge is 0.255 e. The number of hydrogen-bond acceptors (Lipinski definition) is 4. The van der Waals surface area contributed by atoms with Gasteiger partial charge in [0.25, 0.3) is 5.91 Å². The van der Waals surface area contributed by atoms with Gasteiger partial charge in [0.05, 0.1) is 23.4 Å². The van der Waals surface area contributed by atoms with Crippen LogP contribution in [0.25, 0.3) is 0 Å². The number of fused-ring (bicyclic) bond motifs is 1. The molecule has 2 N–H and O–H groups in total. The third-order valence-electron chi connectivity index (χ3n) is 3.77. The molecule has 1 atom stereocenters. The Morgan fingerprint density at radius 3 is 2.77 bits per heavy atom. The summed E-state index contributed by atoms with van der Waals surface area (Å²) in [7, 11) is 3.34. The molecule has 5 nitrogen and oxygen atoms in total. The number of aromatic hydroxyl groups is 1. The lowest BCUT2D eigenvalue weighted by Crippen LogP contribution is -2.44. The number of nitrogens with one attached hydrogen (secondary N) is 1. The summed E-state index contributed by atoms with van der Waals surface area (Å²) in [4.78, 5) is 14.2. The average molecular weight is 319 g/mol. The van der Waals surface area contributed by atoms with Gasteiger partial charge in [-0.25, -0.2) is 0 Å². The number of amides is 1. The second-order valence-corrected chi connectivity index (χ2v) is 5.46. The van der Waals surface area contributed by atoms with Gasteiger partial charge < -0.3 is 20.1 Å². The molecule has 0 bridgehead atoms. The highest BCUT2D eigenvalue weighted by Gasteiger charge is 2.30. The van der Waals surface area contributed by atoms with Crippen molar-refractivity contribution in [3.8, 4) is 11.5 Å². The number of anilines is 1.